The summed E-state index contributed by atoms with van der Waals surface area (Å²) in [5.74, 6) is 0.0470. The third-order valence-corrected chi connectivity index (χ3v) is 7.61. The van der Waals surface area contributed by atoms with E-state index in [1.165, 1.54) is 22.0 Å². The number of carboxylic acids is 1. The van der Waals surface area contributed by atoms with Gasteiger partial charge in [0.25, 0.3) is 10.0 Å². The molecule has 0 radical (unpaired) electrons. The zero-order valence-electron chi connectivity index (χ0n) is 19.9. The molecule has 0 saturated heterocycles. The second-order valence-electron chi connectivity index (χ2n) is 8.59. The van der Waals surface area contributed by atoms with Crippen LogP contribution in [0.4, 0.5) is 5.69 Å². The zero-order valence-corrected chi connectivity index (χ0v) is 20.7. The van der Waals surface area contributed by atoms with Crippen LogP contribution in [0.3, 0.4) is 0 Å². The highest BCUT2D eigenvalue weighted by atomic mass is 32.2. The smallest absolute Gasteiger partial charge is 0.328 e. The van der Waals surface area contributed by atoms with Gasteiger partial charge in [-0.2, -0.15) is 8.42 Å². The minimum absolute atomic E-state index is 0.0834. The SMILES string of the molecule is CCCN(c1cc2c(cc1OCc1ccc(C=CC(=O)O)cc1)CCC2)S(=O)(=O)c1ccc(C)o1. The van der Waals surface area contributed by atoms with Crippen molar-refractivity contribution >= 4 is 27.8 Å². The maximum Gasteiger partial charge on any atom is 0.328 e. The standard InChI is InChI=1S/C27H29NO6S/c1-3-15-28(35(31,32)27-14-7-19(2)34-27)24-16-22-5-4-6-23(22)17-25(24)33-18-21-10-8-20(9-11-21)12-13-26(29)30/h7-14,16-17H,3-6,15,18H2,1-2H3,(H,29,30). The molecular formula is C27H29NO6S. The summed E-state index contributed by atoms with van der Waals surface area (Å²) in [7, 11) is -3.91. The molecule has 0 amide bonds. The van der Waals surface area contributed by atoms with Crippen molar-refractivity contribution in [1.82, 2.24) is 0 Å². The molecule has 1 aliphatic carbocycles. The molecule has 8 heteroatoms. The molecule has 35 heavy (non-hydrogen) atoms. The molecule has 1 N–H and O–H groups in total. The Morgan fingerprint density at radius 3 is 2.46 bits per heavy atom. The van der Waals surface area contributed by atoms with Crippen molar-refractivity contribution in [2.75, 3.05) is 10.8 Å². The van der Waals surface area contributed by atoms with E-state index >= 15 is 0 Å². The van der Waals surface area contributed by atoms with Crippen LogP contribution in [0.2, 0.25) is 0 Å². The van der Waals surface area contributed by atoms with Crippen molar-refractivity contribution in [3.05, 3.63) is 82.6 Å². The van der Waals surface area contributed by atoms with Gasteiger partial charge in [0.1, 0.15) is 18.1 Å². The quantitative estimate of drug-likeness (QED) is 0.381. The number of hydrogen-bond acceptors (Lipinski definition) is 5. The Labute approximate surface area is 205 Å². The number of fused-ring (bicyclic) bond motifs is 1. The molecule has 0 bridgehead atoms. The third kappa shape index (κ3) is 5.59. The van der Waals surface area contributed by atoms with Crippen molar-refractivity contribution in [2.24, 2.45) is 0 Å². The molecule has 0 spiro atoms. The van der Waals surface area contributed by atoms with Crippen LogP contribution in [0.5, 0.6) is 5.75 Å². The van der Waals surface area contributed by atoms with Gasteiger partial charge in [0, 0.05) is 12.6 Å². The van der Waals surface area contributed by atoms with Gasteiger partial charge in [0.2, 0.25) is 5.09 Å². The van der Waals surface area contributed by atoms with Crippen molar-refractivity contribution < 1.29 is 27.5 Å². The van der Waals surface area contributed by atoms with Crippen LogP contribution in [0.1, 0.15) is 47.8 Å². The molecule has 1 heterocycles. The summed E-state index contributed by atoms with van der Waals surface area (Å²) < 4.78 is 40.2. The first-order chi connectivity index (χ1) is 16.8. The molecule has 0 atom stereocenters. The zero-order chi connectivity index (χ0) is 25.0. The number of furan rings is 1. The van der Waals surface area contributed by atoms with Gasteiger partial charge in [-0.05, 0) is 85.2 Å². The summed E-state index contributed by atoms with van der Waals surface area (Å²) in [4.78, 5) is 10.7. The lowest BCUT2D eigenvalue weighted by Crippen LogP contribution is -2.32. The number of rotatable bonds is 10. The Kier molecular flexibility index (Phi) is 7.31. The predicted octanol–water partition coefficient (Wildman–Crippen LogP) is 5.36. The lowest BCUT2D eigenvalue weighted by molar-refractivity contribution is -0.131. The van der Waals surface area contributed by atoms with E-state index in [4.69, 9.17) is 14.3 Å². The fraction of sp³-hybridized carbons (Fsp3) is 0.296. The van der Waals surface area contributed by atoms with Gasteiger partial charge in [-0.3, -0.25) is 4.31 Å². The maximum absolute atomic E-state index is 13.5. The van der Waals surface area contributed by atoms with Gasteiger partial charge < -0.3 is 14.3 Å². The normalized spacial score (nSPS) is 13.2. The summed E-state index contributed by atoms with van der Waals surface area (Å²) in [6.07, 6.45) is 6.12. The summed E-state index contributed by atoms with van der Waals surface area (Å²) in [6, 6.07) is 14.4. The van der Waals surface area contributed by atoms with Crippen LogP contribution in [-0.2, 0) is 34.3 Å². The fourth-order valence-electron chi connectivity index (χ4n) is 4.19. The van der Waals surface area contributed by atoms with E-state index in [2.05, 4.69) is 0 Å². The van der Waals surface area contributed by atoms with E-state index in [9.17, 15) is 13.2 Å². The van der Waals surface area contributed by atoms with Gasteiger partial charge in [-0.1, -0.05) is 31.2 Å². The number of aliphatic carboxylic acids is 1. The molecule has 2 aromatic carbocycles. The average Bonchev–Trinajstić information content (AvgIpc) is 3.48. The highest BCUT2D eigenvalue weighted by Gasteiger charge is 2.31. The second-order valence-corrected chi connectivity index (χ2v) is 10.4. The third-order valence-electron chi connectivity index (χ3n) is 5.92. The van der Waals surface area contributed by atoms with Crippen LogP contribution in [0.25, 0.3) is 6.08 Å². The first-order valence-corrected chi connectivity index (χ1v) is 13.1. The molecule has 184 valence electrons. The molecule has 3 aromatic rings. The Morgan fingerprint density at radius 1 is 1.11 bits per heavy atom. The van der Waals surface area contributed by atoms with Crippen molar-refractivity contribution in [3.8, 4) is 5.75 Å². The minimum Gasteiger partial charge on any atom is -0.487 e. The lowest BCUT2D eigenvalue weighted by Gasteiger charge is -2.26. The summed E-state index contributed by atoms with van der Waals surface area (Å²) in [5, 5.41) is 8.70. The monoisotopic (exact) mass is 495 g/mol. The molecule has 7 nitrogen and oxygen atoms in total. The van der Waals surface area contributed by atoms with Crippen LogP contribution < -0.4 is 9.04 Å². The van der Waals surface area contributed by atoms with Crippen LogP contribution in [0, 0.1) is 6.92 Å². The molecule has 0 unspecified atom stereocenters. The van der Waals surface area contributed by atoms with E-state index in [-0.39, 0.29) is 11.7 Å². The van der Waals surface area contributed by atoms with Gasteiger partial charge in [0.15, 0.2) is 0 Å². The van der Waals surface area contributed by atoms with E-state index in [1.54, 1.807) is 13.0 Å². The molecule has 1 aliphatic rings. The highest BCUT2D eigenvalue weighted by Crippen LogP contribution is 2.39. The maximum atomic E-state index is 13.5. The predicted molar refractivity (Wildman–Crippen MR) is 134 cm³/mol. The molecule has 1 aromatic heterocycles. The number of hydrogen-bond donors (Lipinski definition) is 1. The Hall–Kier alpha value is -3.52. The summed E-state index contributed by atoms with van der Waals surface area (Å²) in [5.41, 5.74) is 4.50. The van der Waals surface area contributed by atoms with Gasteiger partial charge in [-0.15, -0.1) is 0 Å². The Morgan fingerprint density at radius 2 is 1.83 bits per heavy atom. The van der Waals surface area contributed by atoms with Crippen LogP contribution >= 0.6 is 0 Å². The topological polar surface area (TPSA) is 97.0 Å². The summed E-state index contributed by atoms with van der Waals surface area (Å²) in [6.45, 7) is 4.19. The molecule has 0 fully saturated rings. The van der Waals surface area contributed by atoms with Crippen molar-refractivity contribution in [3.63, 3.8) is 0 Å². The number of ether oxygens (including phenoxy) is 1. The number of carboxylic acid groups (broad SMARTS) is 1. The lowest BCUT2D eigenvalue weighted by atomic mass is 10.1. The van der Waals surface area contributed by atoms with E-state index in [0.717, 1.165) is 42.0 Å². The summed E-state index contributed by atoms with van der Waals surface area (Å²) >= 11 is 0. The Bertz CT molecular complexity index is 1340. The van der Waals surface area contributed by atoms with Crippen molar-refractivity contribution in [2.45, 2.75) is 51.2 Å². The average molecular weight is 496 g/mol. The number of anilines is 1. The van der Waals surface area contributed by atoms with Gasteiger partial charge in [0.05, 0.1) is 5.69 Å². The fourth-order valence-corrected chi connectivity index (χ4v) is 5.70. The first-order valence-electron chi connectivity index (χ1n) is 11.7. The molecule has 0 saturated carbocycles. The second kappa shape index (κ2) is 10.4. The molecular weight excluding hydrogens is 466 g/mol. The number of nitrogens with zero attached hydrogens (tertiary/aromatic N) is 1. The number of aryl methyl sites for hydroxylation is 3. The van der Waals surface area contributed by atoms with E-state index < -0.39 is 16.0 Å². The Balaban J connectivity index is 1.65. The van der Waals surface area contributed by atoms with Gasteiger partial charge in [-0.25, -0.2) is 4.79 Å². The van der Waals surface area contributed by atoms with Crippen LogP contribution in [0.15, 0.2) is 64.1 Å². The number of benzene rings is 2. The van der Waals surface area contributed by atoms with Crippen LogP contribution in [-0.4, -0.2) is 26.0 Å². The number of sulfonamides is 1. The highest BCUT2D eigenvalue weighted by molar-refractivity contribution is 7.92. The largest absolute Gasteiger partial charge is 0.487 e. The minimum atomic E-state index is -3.91. The number of carbonyl (C=O) groups is 1. The molecule has 4 rings (SSSR count). The first kappa shape index (κ1) is 24.6. The molecule has 0 aliphatic heterocycles. The van der Waals surface area contributed by atoms with Crippen molar-refractivity contribution in [1.29, 1.82) is 0 Å². The van der Waals surface area contributed by atoms with E-state index in [1.807, 2.05) is 43.3 Å². The van der Waals surface area contributed by atoms with E-state index in [0.29, 0.717) is 30.2 Å². The van der Waals surface area contributed by atoms with Gasteiger partial charge >= 0.3 is 5.97 Å².